The first kappa shape index (κ1) is 18.2. The molecule has 24 heavy (non-hydrogen) atoms. The highest BCUT2D eigenvalue weighted by Gasteiger charge is 2.33. The Hall–Kier alpha value is -2.15. The number of halogens is 4. The first-order valence-electron chi connectivity index (χ1n) is 7.11. The lowest BCUT2D eigenvalue weighted by Crippen LogP contribution is -2.16. The van der Waals surface area contributed by atoms with Crippen LogP contribution in [0.2, 0.25) is 5.02 Å². The summed E-state index contributed by atoms with van der Waals surface area (Å²) in [7, 11) is 0. The Morgan fingerprint density at radius 3 is 2.50 bits per heavy atom. The molecule has 0 saturated heterocycles. The van der Waals surface area contributed by atoms with Gasteiger partial charge in [-0.15, -0.1) is 0 Å². The van der Waals surface area contributed by atoms with Crippen molar-refractivity contribution in [3.8, 4) is 0 Å². The number of aryl methyl sites for hydroxylation is 1. The van der Waals surface area contributed by atoms with Crippen molar-refractivity contribution in [1.29, 1.82) is 0 Å². The van der Waals surface area contributed by atoms with Crippen molar-refractivity contribution in [3.05, 3.63) is 52.1 Å². The molecule has 0 bridgehead atoms. The van der Waals surface area contributed by atoms with Gasteiger partial charge in [-0.25, -0.2) is 9.97 Å². The van der Waals surface area contributed by atoms with Crippen molar-refractivity contribution in [2.24, 2.45) is 0 Å². The van der Waals surface area contributed by atoms with Crippen molar-refractivity contribution in [2.75, 3.05) is 5.32 Å². The summed E-state index contributed by atoms with van der Waals surface area (Å²) in [5.74, 6) is 0.111. The van der Waals surface area contributed by atoms with E-state index < -0.39 is 22.7 Å². The van der Waals surface area contributed by atoms with Crippen molar-refractivity contribution >= 4 is 23.2 Å². The lowest BCUT2D eigenvalue weighted by atomic mass is 10.1. The fourth-order valence-electron chi connectivity index (χ4n) is 2.00. The molecule has 1 N–H and O–H groups in total. The van der Waals surface area contributed by atoms with Crippen LogP contribution in [0.4, 0.5) is 18.9 Å². The fraction of sp³-hybridized carbons (Fsp3) is 0.312. The lowest BCUT2D eigenvalue weighted by molar-refractivity contribution is -0.137. The standard InChI is InChI=1S/C16H15ClF3N3O/c1-8(2)14-21-7-11(9(3)22-14)15(24)23-10-4-5-13(17)12(6-10)16(18,19)20/h4-8H,1-3H3,(H,23,24). The highest BCUT2D eigenvalue weighted by Crippen LogP contribution is 2.36. The number of benzene rings is 1. The van der Waals surface area contributed by atoms with E-state index in [0.29, 0.717) is 11.5 Å². The van der Waals surface area contributed by atoms with Gasteiger partial charge in [0.1, 0.15) is 5.82 Å². The van der Waals surface area contributed by atoms with Gasteiger partial charge in [0.05, 0.1) is 21.8 Å². The number of nitrogens with zero attached hydrogens (tertiary/aromatic N) is 2. The number of nitrogens with one attached hydrogen (secondary N) is 1. The zero-order valence-corrected chi connectivity index (χ0v) is 14.0. The van der Waals surface area contributed by atoms with Crippen LogP contribution in [-0.2, 0) is 6.18 Å². The van der Waals surface area contributed by atoms with Crippen LogP contribution < -0.4 is 5.32 Å². The first-order chi connectivity index (χ1) is 11.1. The summed E-state index contributed by atoms with van der Waals surface area (Å²) in [5.41, 5.74) is -0.367. The van der Waals surface area contributed by atoms with E-state index in [1.165, 1.54) is 12.3 Å². The van der Waals surface area contributed by atoms with Crippen LogP contribution >= 0.6 is 11.6 Å². The van der Waals surface area contributed by atoms with Gasteiger partial charge in [0, 0.05) is 17.8 Å². The van der Waals surface area contributed by atoms with E-state index in [0.717, 1.165) is 12.1 Å². The largest absolute Gasteiger partial charge is 0.417 e. The van der Waals surface area contributed by atoms with E-state index >= 15 is 0 Å². The maximum Gasteiger partial charge on any atom is 0.417 e. The van der Waals surface area contributed by atoms with E-state index in [4.69, 9.17) is 11.6 Å². The number of carbonyl (C=O) groups is 1. The number of hydrogen-bond acceptors (Lipinski definition) is 3. The van der Waals surface area contributed by atoms with E-state index in [1.54, 1.807) is 6.92 Å². The molecular weight excluding hydrogens is 343 g/mol. The van der Waals surface area contributed by atoms with Crippen molar-refractivity contribution < 1.29 is 18.0 Å². The predicted molar refractivity (Wildman–Crippen MR) is 85.3 cm³/mol. The Balaban J connectivity index is 2.27. The highest BCUT2D eigenvalue weighted by atomic mass is 35.5. The molecule has 8 heteroatoms. The van der Waals surface area contributed by atoms with Gasteiger partial charge < -0.3 is 5.32 Å². The van der Waals surface area contributed by atoms with Crippen LogP contribution in [0.5, 0.6) is 0 Å². The second-order valence-corrected chi connectivity index (χ2v) is 5.94. The quantitative estimate of drug-likeness (QED) is 0.855. The molecular formula is C16H15ClF3N3O. The number of hydrogen-bond donors (Lipinski definition) is 1. The summed E-state index contributed by atoms with van der Waals surface area (Å²) in [6.45, 7) is 5.48. The third kappa shape index (κ3) is 4.03. The molecule has 0 saturated carbocycles. The normalized spacial score (nSPS) is 11.7. The smallest absolute Gasteiger partial charge is 0.322 e. The van der Waals surface area contributed by atoms with Gasteiger partial charge in [-0.2, -0.15) is 13.2 Å². The molecule has 0 atom stereocenters. The minimum absolute atomic E-state index is 0.0101. The van der Waals surface area contributed by atoms with Gasteiger partial charge >= 0.3 is 6.18 Å². The molecule has 1 aromatic heterocycles. The Morgan fingerprint density at radius 1 is 1.29 bits per heavy atom. The van der Waals surface area contributed by atoms with Crippen molar-refractivity contribution in [3.63, 3.8) is 0 Å². The summed E-state index contributed by atoms with van der Waals surface area (Å²) < 4.78 is 38.6. The van der Waals surface area contributed by atoms with Crippen LogP contribution in [0.3, 0.4) is 0 Å². The average molecular weight is 358 g/mol. The Kier molecular flexibility index (Phi) is 5.13. The van der Waals surface area contributed by atoms with Gasteiger partial charge in [0.25, 0.3) is 5.91 Å². The molecule has 0 aliphatic carbocycles. The number of anilines is 1. The maximum atomic E-state index is 12.9. The first-order valence-corrected chi connectivity index (χ1v) is 7.49. The zero-order chi connectivity index (χ0) is 18.1. The summed E-state index contributed by atoms with van der Waals surface area (Å²) in [6, 6.07) is 3.18. The molecule has 2 rings (SSSR count). The molecule has 1 amide bonds. The summed E-state index contributed by atoms with van der Waals surface area (Å²) in [6.07, 6.45) is -3.23. The number of amides is 1. The highest BCUT2D eigenvalue weighted by molar-refractivity contribution is 6.31. The third-order valence-electron chi connectivity index (χ3n) is 3.29. The van der Waals surface area contributed by atoms with E-state index in [-0.39, 0.29) is 17.2 Å². The predicted octanol–water partition coefficient (Wildman–Crippen LogP) is 4.83. The summed E-state index contributed by atoms with van der Waals surface area (Å²) >= 11 is 5.55. The second kappa shape index (κ2) is 6.76. The topological polar surface area (TPSA) is 54.9 Å². The maximum absolute atomic E-state index is 12.9. The van der Waals surface area contributed by atoms with Crippen LogP contribution in [0.1, 0.15) is 47.2 Å². The third-order valence-corrected chi connectivity index (χ3v) is 3.62. The van der Waals surface area contributed by atoms with Crippen molar-refractivity contribution in [1.82, 2.24) is 9.97 Å². The molecule has 2 aromatic rings. The number of rotatable bonds is 3. The minimum atomic E-state index is -4.60. The molecule has 0 aliphatic rings. The van der Waals surface area contributed by atoms with Gasteiger partial charge in [-0.3, -0.25) is 4.79 Å². The number of carbonyl (C=O) groups excluding carboxylic acids is 1. The second-order valence-electron chi connectivity index (χ2n) is 5.53. The zero-order valence-electron chi connectivity index (χ0n) is 13.2. The van der Waals surface area contributed by atoms with E-state index in [1.807, 2.05) is 13.8 Å². The Morgan fingerprint density at radius 2 is 1.96 bits per heavy atom. The SMILES string of the molecule is Cc1nc(C(C)C)ncc1C(=O)Nc1ccc(Cl)c(C(F)(F)F)c1. The van der Waals surface area contributed by atoms with Gasteiger partial charge in [0.2, 0.25) is 0 Å². The average Bonchev–Trinajstić information content (AvgIpc) is 2.47. The van der Waals surface area contributed by atoms with Crippen LogP contribution in [0.25, 0.3) is 0 Å². The molecule has 128 valence electrons. The molecule has 4 nitrogen and oxygen atoms in total. The van der Waals surface area contributed by atoms with Crippen LogP contribution in [0.15, 0.2) is 24.4 Å². The Labute approximate surface area is 142 Å². The van der Waals surface area contributed by atoms with Gasteiger partial charge in [0.15, 0.2) is 0 Å². The minimum Gasteiger partial charge on any atom is -0.322 e. The monoisotopic (exact) mass is 357 g/mol. The van der Waals surface area contributed by atoms with Gasteiger partial charge in [-0.05, 0) is 25.1 Å². The van der Waals surface area contributed by atoms with Crippen LogP contribution in [-0.4, -0.2) is 15.9 Å². The fourth-order valence-corrected chi connectivity index (χ4v) is 2.23. The molecule has 1 heterocycles. The van der Waals surface area contributed by atoms with E-state index in [2.05, 4.69) is 15.3 Å². The van der Waals surface area contributed by atoms with Gasteiger partial charge in [-0.1, -0.05) is 25.4 Å². The molecule has 0 aliphatic heterocycles. The molecule has 0 radical (unpaired) electrons. The Bertz CT molecular complexity index is 776. The van der Waals surface area contributed by atoms with Crippen molar-refractivity contribution in [2.45, 2.75) is 32.9 Å². The summed E-state index contributed by atoms with van der Waals surface area (Å²) in [5, 5.41) is 1.98. The molecule has 0 fully saturated rings. The molecule has 1 aromatic carbocycles. The van der Waals surface area contributed by atoms with Crippen LogP contribution in [0, 0.1) is 6.92 Å². The molecule has 0 spiro atoms. The summed E-state index contributed by atoms with van der Waals surface area (Å²) in [4.78, 5) is 20.6. The lowest BCUT2D eigenvalue weighted by Gasteiger charge is -2.13. The number of aromatic nitrogens is 2. The van der Waals surface area contributed by atoms with E-state index in [9.17, 15) is 18.0 Å². The number of alkyl halides is 3. The molecule has 0 unspecified atom stereocenters.